The summed E-state index contributed by atoms with van der Waals surface area (Å²) in [5.74, 6) is -0.460. The lowest BCUT2D eigenvalue weighted by Gasteiger charge is -1.99. The number of hydrogen-bond acceptors (Lipinski definition) is 2. The molecule has 0 aliphatic rings. The van der Waals surface area contributed by atoms with Gasteiger partial charge in [-0.2, -0.15) is 4.39 Å². The highest BCUT2D eigenvalue weighted by atomic mass is 19.1. The summed E-state index contributed by atoms with van der Waals surface area (Å²) in [6, 6.07) is 12.7. The molecule has 0 aliphatic heterocycles. The normalized spacial score (nSPS) is 10.7. The van der Waals surface area contributed by atoms with Gasteiger partial charge >= 0.3 is 0 Å². The van der Waals surface area contributed by atoms with Gasteiger partial charge in [-0.3, -0.25) is 0 Å². The van der Waals surface area contributed by atoms with E-state index in [0.29, 0.717) is 5.69 Å². The van der Waals surface area contributed by atoms with Crippen LogP contribution in [0.5, 0.6) is 0 Å². The van der Waals surface area contributed by atoms with Crippen LogP contribution in [0.4, 0.5) is 10.1 Å². The molecule has 2 aromatic rings. The van der Waals surface area contributed by atoms with E-state index in [1.807, 2.05) is 37.4 Å². The van der Waals surface area contributed by atoms with Crippen molar-refractivity contribution in [2.24, 2.45) is 0 Å². The summed E-state index contributed by atoms with van der Waals surface area (Å²) in [5, 5.41) is 3.05. The molecule has 17 heavy (non-hydrogen) atoms. The molecule has 2 rings (SSSR count). The van der Waals surface area contributed by atoms with Crippen LogP contribution in [0.1, 0.15) is 11.3 Å². The van der Waals surface area contributed by atoms with Crippen molar-refractivity contribution >= 4 is 17.8 Å². The first kappa shape index (κ1) is 11.3. The van der Waals surface area contributed by atoms with Gasteiger partial charge in [-0.05, 0) is 35.9 Å². The highest BCUT2D eigenvalue weighted by Crippen LogP contribution is 2.11. The molecule has 3 heteroatoms. The van der Waals surface area contributed by atoms with Gasteiger partial charge in [-0.1, -0.05) is 24.3 Å². The quantitative estimate of drug-likeness (QED) is 0.814. The lowest BCUT2D eigenvalue weighted by Crippen LogP contribution is -1.86. The summed E-state index contributed by atoms with van der Waals surface area (Å²) in [6.45, 7) is 0. The van der Waals surface area contributed by atoms with E-state index < -0.39 is 5.95 Å². The van der Waals surface area contributed by atoms with Crippen LogP contribution in [-0.2, 0) is 0 Å². The van der Waals surface area contributed by atoms with Crippen LogP contribution >= 0.6 is 0 Å². The average Bonchev–Trinajstić information content (AvgIpc) is 2.37. The Morgan fingerprint density at radius 3 is 2.47 bits per heavy atom. The number of halogens is 1. The largest absolute Gasteiger partial charge is 0.388 e. The van der Waals surface area contributed by atoms with Crippen molar-refractivity contribution < 1.29 is 4.39 Å². The molecule has 86 valence electrons. The summed E-state index contributed by atoms with van der Waals surface area (Å²) in [6.07, 6.45) is 3.69. The van der Waals surface area contributed by atoms with E-state index in [-0.39, 0.29) is 0 Å². The smallest absolute Gasteiger partial charge is 0.213 e. The fraction of sp³-hybridized carbons (Fsp3) is 0.0714. The molecule has 0 amide bonds. The minimum atomic E-state index is -0.460. The summed E-state index contributed by atoms with van der Waals surface area (Å²) < 4.78 is 12.8. The van der Waals surface area contributed by atoms with Gasteiger partial charge in [0.15, 0.2) is 0 Å². The summed E-state index contributed by atoms with van der Waals surface area (Å²) >= 11 is 0. The third-order valence-electron chi connectivity index (χ3n) is 2.38. The Kier molecular flexibility index (Phi) is 3.50. The lowest BCUT2D eigenvalue weighted by atomic mass is 10.2. The molecule has 1 N–H and O–H groups in total. The summed E-state index contributed by atoms with van der Waals surface area (Å²) in [5.41, 5.74) is 2.73. The van der Waals surface area contributed by atoms with Crippen LogP contribution in [0, 0.1) is 5.95 Å². The van der Waals surface area contributed by atoms with Crippen molar-refractivity contribution in [3.63, 3.8) is 0 Å². The predicted octanol–water partition coefficient (Wildman–Crippen LogP) is 3.43. The van der Waals surface area contributed by atoms with Crippen LogP contribution in [0.25, 0.3) is 12.2 Å². The van der Waals surface area contributed by atoms with Crippen LogP contribution in [0.2, 0.25) is 0 Å². The highest BCUT2D eigenvalue weighted by molar-refractivity contribution is 5.68. The van der Waals surface area contributed by atoms with Crippen molar-refractivity contribution in [3.8, 4) is 0 Å². The first-order valence-electron chi connectivity index (χ1n) is 5.36. The molecular formula is C14H13FN2. The number of benzene rings is 1. The molecule has 0 radical (unpaired) electrons. The lowest BCUT2D eigenvalue weighted by molar-refractivity contribution is 0.583. The fourth-order valence-electron chi connectivity index (χ4n) is 1.46. The highest BCUT2D eigenvalue weighted by Gasteiger charge is 1.92. The molecule has 1 aromatic heterocycles. The first-order chi connectivity index (χ1) is 8.28. The zero-order valence-electron chi connectivity index (χ0n) is 9.52. The molecule has 0 bridgehead atoms. The molecule has 0 unspecified atom stereocenters. The van der Waals surface area contributed by atoms with Gasteiger partial charge in [0.25, 0.3) is 0 Å². The van der Waals surface area contributed by atoms with E-state index in [4.69, 9.17) is 0 Å². The molecule has 0 saturated heterocycles. The van der Waals surface area contributed by atoms with E-state index in [0.717, 1.165) is 11.3 Å². The number of pyridine rings is 1. The van der Waals surface area contributed by atoms with Gasteiger partial charge < -0.3 is 5.32 Å². The van der Waals surface area contributed by atoms with Gasteiger partial charge in [-0.25, -0.2) is 4.98 Å². The van der Waals surface area contributed by atoms with Gasteiger partial charge in [0.05, 0.1) is 5.69 Å². The zero-order chi connectivity index (χ0) is 12.1. The monoisotopic (exact) mass is 228 g/mol. The van der Waals surface area contributed by atoms with Gasteiger partial charge in [0.2, 0.25) is 5.95 Å². The summed E-state index contributed by atoms with van der Waals surface area (Å²) in [7, 11) is 1.88. The van der Waals surface area contributed by atoms with Crippen LogP contribution in [-0.4, -0.2) is 12.0 Å². The van der Waals surface area contributed by atoms with E-state index in [9.17, 15) is 4.39 Å². The van der Waals surface area contributed by atoms with E-state index >= 15 is 0 Å². The Morgan fingerprint density at radius 1 is 1.06 bits per heavy atom. The van der Waals surface area contributed by atoms with Gasteiger partial charge in [-0.15, -0.1) is 0 Å². The standard InChI is InChI=1S/C14H13FN2/c1-16-12-8-5-11(6-9-12)7-10-13-3-2-4-14(15)17-13/h2-10,16H,1H3/b10-7+. The molecule has 1 heterocycles. The molecule has 0 fully saturated rings. The first-order valence-corrected chi connectivity index (χ1v) is 5.36. The van der Waals surface area contributed by atoms with Crippen molar-refractivity contribution in [1.82, 2.24) is 4.98 Å². The molecule has 0 aliphatic carbocycles. The van der Waals surface area contributed by atoms with Crippen molar-refractivity contribution in [1.29, 1.82) is 0 Å². The number of aromatic nitrogens is 1. The second-order valence-corrected chi connectivity index (χ2v) is 3.59. The Balaban J connectivity index is 2.14. The van der Waals surface area contributed by atoms with E-state index in [1.165, 1.54) is 6.07 Å². The van der Waals surface area contributed by atoms with Crippen LogP contribution in [0.15, 0.2) is 42.5 Å². The van der Waals surface area contributed by atoms with Crippen molar-refractivity contribution in [2.45, 2.75) is 0 Å². The predicted molar refractivity (Wildman–Crippen MR) is 69.1 cm³/mol. The van der Waals surface area contributed by atoms with Crippen molar-refractivity contribution in [2.75, 3.05) is 12.4 Å². The maximum Gasteiger partial charge on any atom is 0.213 e. The molecule has 1 aromatic carbocycles. The molecule has 0 saturated carbocycles. The fourth-order valence-corrected chi connectivity index (χ4v) is 1.46. The zero-order valence-corrected chi connectivity index (χ0v) is 9.52. The minimum Gasteiger partial charge on any atom is -0.388 e. The maximum absolute atomic E-state index is 12.8. The number of nitrogens with zero attached hydrogens (tertiary/aromatic N) is 1. The topological polar surface area (TPSA) is 24.9 Å². The van der Waals surface area contributed by atoms with Crippen molar-refractivity contribution in [3.05, 3.63) is 59.7 Å². The number of hydrogen-bond donors (Lipinski definition) is 1. The maximum atomic E-state index is 12.8. The SMILES string of the molecule is CNc1ccc(/C=C/c2cccc(F)n2)cc1. The van der Waals surface area contributed by atoms with Gasteiger partial charge in [0, 0.05) is 12.7 Å². The number of rotatable bonds is 3. The Morgan fingerprint density at radius 2 is 1.82 bits per heavy atom. The molecule has 0 atom stereocenters. The third kappa shape index (κ3) is 3.14. The van der Waals surface area contributed by atoms with E-state index in [1.54, 1.807) is 18.2 Å². The number of anilines is 1. The van der Waals surface area contributed by atoms with Crippen LogP contribution in [0.3, 0.4) is 0 Å². The average molecular weight is 228 g/mol. The Bertz CT molecular complexity index is 518. The van der Waals surface area contributed by atoms with Crippen LogP contribution < -0.4 is 5.32 Å². The minimum absolute atomic E-state index is 0.460. The molecule has 2 nitrogen and oxygen atoms in total. The Labute approximate surface area is 99.8 Å². The third-order valence-corrected chi connectivity index (χ3v) is 2.38. The Hall–Kier alpha value is -2.16. The number of nitrogens with one attached hydrogen (secondary N) is 1. The second-order valence-electron chi connectivity index (χ2n) is 3.59. The summed E-state index contributed by atoms with van der Waals surface area (Å²) in [4.78, 5) is 3.76. The second kappa shape index (κ2) is 5.25. The molecule has 0 spiro atoms. The van der Waals surface area contributed by atoms with E-state index in [2.05, 4.69) is 10.3 Å². The molecular weight excluding hydrogens is 215 g/mol. The van der Waals surface area contributed by atoms with Gasteiger partial charge in [0.1, 0.15) is 0 Å².